The summed E-state index contributed by atoms with van der Waals surface area (Å²) in [4.78, 5) is 19.4. The van der Waals surface area contributed by atoms with E-state index in [1.54, 1.807) is 11.3 Å². The number of thiophene rings is 1. The molecule has 4 aromatic heterocycles. The number of thiazole rings is 1. The monoisotopic (exact) mass is 497 g/mol. The summed E-state index contributed by atoms with van der Waals surface area (Å²) in [7, 11) is 0. The number of nitrogens with zero attached hydrogens (tertiary/aromatic N) is 5. The van der Waals surface area contributed by atoms with E-state index in [-0.39, 0.29) is 5.56 Å². The van der Waals surface area contributed by atoms with E-state index in [1.807, 2.05) is 96.0 Å². The zero-order valence-electron chi connectivity index (χ0n) is 18.7. The third-order valence-electron chi connectivity index (χ3n) is 5.41. The van der Waals surface area contributed by atoms with E-state index in [1.165, 1.54) is 15.9 Å². The van der Waals surface area contributed by atoms with Crippen molar-refractivity contribution in [1.29, 1.82) is 0 Å². The summed E-state index contributed by atoms with van der Waals surface area (Å²) >= 11 is 2.93. The normalized spacial score (nSPS) is 12.0. The van der Waals surface area contributed by atoms with Crippen molar-refractivity contribution in [2.24, 2.45) is 0 Å². The Morgan fingerprint density at radius 1 is 1.00 bits per heavy atom. The molecular weight excluding hydrogens is 478 g/mol. The molecule has 2 aromatic carbocycles. The number of fused-ring (bicyclic) bond motifs is 1. The largest absolute Gasteiger partial charge is 0.494 e. The molecular formula is C26H19N5O2S2. The zero-order valence-corrected chi connectivity index (χ0v) is 20.3. The van der Waals surface area contributed by atoms with Crippen molar-refractivity contribution in [3.63, 3.8) is 0 Å². The lowest BCUT2D eigenvalue weighted by atomic mass is 10.2. The molecule has 0 unspecified atom stereocenters. The van der Waals surface area contributed by atoms with Gasteiger partial charge in [0.15, 0.2) is 5.82 Å². The van der Waals surface area contributed by atoms with Crippen molar-refractivity contribution in [3.8, 4) is 33.4 Å². The first kappa shape index (κ1) is 21.5. The molecule has 0 saturated heterocycles. The van der Waals surface area contributed by atoms with Gasteiger partial charge in [-0.3, -0.25) is 4.79 Å². The van der Waals surface area contributed by atoms with Crippen LogP contribution in [-0.4, -0.2) is 31.0 Å². The van der Waals surface area contributed by atoms with Crippen LogP contribution in [0.15, 0.2) is 83.1 Å². The summed E-state index contributed by atoms with van der Waals surface area (Å²) in [5.41, 5.74) is 3.29. The van der Waals surface area contributed by atoms with Crippen LogP contribution in [0.4, 0.5) is 0 Å². The molecule has 0 aliphatic heterocycles. The van der Waals surface area contributed by atoms with E-state index in [0.29, 0.717) is 21.9 Å². The van der Waals surface area contributed by atoms with Crippen LogP contribution in [0.2, 0.25) is 0 Å². The Kier molecular flexibility index (Phi) is 5.48. The van der Waals surface area contributed by atoms with E-state index >= 15 is 0 Å². The highest BCUT2D eigenvalue weighted by molar-refractivity contribution is 7.15. The zero-order chi connectivity index (χ0) is 23.8. The molecule has 0 amide bonds. The van der Waals surface area contributed by atoms with Crippen LogP contribution in [0.3, 0.4) is 0 Å². The minimum Gasteiger partial charge on any atom is -0.494 e. The molecule has 0 radical (unpaired) electrons. The highest BCUT2D eigenvalue weighted by Crippen LogP contribution is 2.28. The predicted molar refractivity (Wildman–Crippen MR) is 139 cm³/mol. The second-order valence-corrected chi connectivity index (χ2v) is 9.65. The first-order valence-corrected chi connectivity index (χ1v) is 12.7. The fourth-order valence-corrected chi connectivity index (χ4v) is 5.40. The first-order valence-electron chi connectivity index (χ1n) is 11.0. The Morgan fingerprint density at radius 2 is 1.83 bits per heavy atom. The van der Waals surface area contributed by atoms with Gasteiger partial charge in [-0.25, -0.2) is 4.68 Å². The molecule has 172 valence electrons. The number of hydrogen-bond acceptors (Lipinski definition) is 7. The molecule has 35 heavy (non-hydrogen) atoms. The summed E-state index contributed by atoms with van der Waals surface area (Å²) in [5, 5.41) is 11.3. The summed E-state index contributed by atoms with van der Waals surface area (Å²) in [5.74, 6) is 1.30. The number of para-hydroxylation sites is 1. The van der Waals surface area contributed by atoms with Crippen LogP contribution < -0.4 is 14.8 Å². The second kappa shape index (κ2) is 8.94. The van der Waals surface area contributed by atoms with E-state index < -0.39 is 0 Å². The summed E-state index contributed by atoms with van der Waals surface area (Å²) in [6.45, 7) is 2.55. The third-order valence-corrected chi connectivity index (χ3v) is 7.25. The summed E-state index contributed by atoms with van der Waals surface area (Å²) in [6, 6.07) is 21.5. The quantitative estimate of drug-likeness (QED) is 0.334. The van der Waals surface area contributed by atoms with Gasteiger partial charge < -0.3 is 4.74 Å². The highest BCUT2D eigenvalue weighted by atomic mass is 32.1. The highest BCUT2D eigenvalue weighted by Gasteiger charge is 2.15. The number of ether oxygens (including phenoxy) is 1. The molecule has 6 aromatic rings. The Morgan fingerprint density at radius 3 is 2.54 bits per heavy atom. The van der Waals surface area contributed by atoms with Crippen LogP contribution in [-0.2, 0) is 0 Å². The maximum Gasteiger partial charge on any atom is 0.291 e. The van der Waals surface area contributed by atoms with Crippen LogP contribution in [0.1, 0.15) is 12.5 Å². The van der Waals surface area contributed by atoms with Crippen molar-refractivity contribution in [2.45, 2.75) is 6.92 Å². The van der Waals surface area contributed by atoms with Gasteiger partial charge in [-0.05, 0) is 60.8 Å². The van der Waals surface area contributed by atoms with E-state index in [9.17, 15) is 4.79 Å². The average molecular weight is 498 g/mol. The van der Waals surface area contributed by atoms with Crippen molar-refractivity contribution < 1.29 is 4.74 Å². The Bertz CT molecular complexity index is 1720. The molecule has 0 fully saturated rings. The molecule has 9 heteroatoms. The van der Waals surface area contributed by atoms with Crippen molar-refractivity contribution in [2.75, 3.05) is 6.61 Å². The molecule has 0 saturated carbocycles. The molecule has 6 rings (SSSR count). The van der Waals surface area contributed by atoms with E-state index in [0.717, 1.165) is 33.1 Å². The third kappa shape index (κ3) is 4.05. The maximum absolute atomic E-state index is 13.2. The van der Waals surface area contributed by atoms with E-state index in [4.69, 9.17) is 9.84 Å². The Labute approximate surface area is 208 Å². The predicted octanol–water partition coefficient (Wildman–Crippen LogP) is 4.68. The van der Waals surface area contributed by atoms with Gasteiger partial charge in [-0.2, -0.15) is 14.6 Å². The Balaban J connectivity index is 1.42. The number of aromatic nitrogens is 5. The lowest BCUT2D eigenvalue weighted by Gasteiger charge is -2.02. The second-order valence-electron chi connectivity index (χ2n) is 7.69. The van der Waals surface area contributed by atoms with Gasteiger partial charge in [-0.15, -0.1) is 16.4 Å². The summed E-state index contributed by atoms with van der Waals surface area (Å²) < 4.78 is 9.26. The molecule has 7 nitrogen and oxygen atoms in total. The minimum absolute atomic E-state index is 0.195. The molecule has 0 atom stereocenters. The lowest BCUT2D eigenvalue weighted by molar-refractivity contribution is 0.340. The van der Waals surface area contributed by atoms with E-state index in [2.05, 4.69) is 10.1 Å². The first-order chi connectivity index (χ1) is 17.2. The maximum atomic E-state index is 13.2. The van der Waals surface area contributed by atoms with Crippen molar-refractivity contribution in [3.05, 3.63) is 98.8 Å². The standard InChI is InChI=1S/C26H19N5O2S2/c1-2-33-20-12-10-17(11-13-20)24-27-26-31(29-24)25(32)22(35-26)15-18-16-30(19-7-4-3-5-8-19)28-23(18)21-9-6-14-34-21/h3-16H,2H2,1H3. The van der Waals surface area contributed by atoms with Gasteiger partial charge in [0.1, 0.15) is 11.4 Å². The molecule has 0 spiro atoms. The molecule has 0 bridgehead atoms. The smallest absolute Gasteiger partial charge is 0.291 e. The van der Waals surface area contributed by atoms with Crippen molar-refractivity contribution in [1.82, 2.24) is 24.4 Å². The fourth-order valence-electron chi connectivity index (χ4n) is 3.77. The fraction of sp³-hybridized carbons (Fsp3) is 0.0769. The van der Waals surface area contributed by atoms with Crippen LogP contribution in [0.5, 0.6) is 5.75 Å². The number of benzene rings is 2. The average Bonchev–Trinajstić information content (AvgIpc) is 3.67. The number of hydrogen-bond donors (Lipinski definition) is 0. The SMILES string of the molecule is CCOc1ccc(-c2nc3sc(=Cc4cn(-c5ccccc5)nc4-c4cccs4)c(=O)n3n2)cc1. The molecule has 0 aliphatic rings. The number of rotatable bonds is 6. The van der Waals surface area contributed by atoms with Gasteiger partial charge in [0.05, 0.1) is 21.7 Å². The van der Waals surface area contributed by atoms with Crippen LogP contribution in [0.25, 0.3) is 38.7 Å². The minimum atomic E-state index is -0.195. The van der Waals surface area contributed by atoms with Gasteiger partial charge in [0.2, 0.25) is 4.96 Å². The van der Waals surface area contributed by atoms with Crippen molar-refractivity contribution >= 4 is 33.7 Å². The topological polar surface area (TPSA) is 74.3 Å². The van der Waals surface area contributed by atoms with Gasteiger partial charge in [0, 0.05) is 17.3 Å². The molecule has 0 N–H and O–H groups in total. The van der Waals surface area contributed by atoms with Gasteiger partial charge in [-0.1, -0.05) is 35.6 Å². The van der Waals surface area contributed by atoms with Crippen LogP contribution in [0, 0.1) is 0 Å². The summed E-state index contributed by atoms with van der Waals surface area (Å²) in [6.07, 6.45) is 3.83. The Hall–Kier alpha value is -4.08. The molecule has 4 heterocycles. The molecule has 0 aliphatic carbocycles. The van der Waals surface area contributed by atoms with Gasteiger partial charge >= 0.3 is 0 Å². The lowest BCUT2D eigenvalue weighted by Crippen LogP contribution is -2.23. The van der Waals surface area contributed by atoms with Crippen LogP contribution >= 0.6 is 22.7 Å². The van der Waals surface area contributed by atoms with Gasteiger partial charge in [0.25, 0.3) is 5.56 Å².